The lowest BCUT2D eigenvalue weighted by atomic mass is 10.0. The van der Waals surface area contributed by atoms with Crippen LogP contribution in [0.4, 0.5) is 5.13 Å². The van der Waals surface area contributed by atoms with Gasteiger partial charge in [-0.3, -0.25) is 14.6 Å². The van der Waals surface area contributed by atoms with Gasteiger partial charge in [-0.05, 0) is 42.7 Å². The topological polar surface area (TPSA) is 54.9 Å². The molecule has 1 aromatic heterocycles. The summed E-state index contributed by atoms with van der Waals surface area (Å²) in [5.41, 5.74) is 4.10. The van der Waals surface area contributed by atoms with E-state index >= 15 is 0 Å². The Kier molecular flexibility index (Phi) is 7.30. The molecule has 0 spiro atoms. The minimum absolute atomic E-state index is 0.0238. The van der Waals surface area contributed by atoms with Gasteiger partial charge in [-0.1, -0.05) is 41.1 Å². The van der Waals surface area contributed by atoms with Crippen molar-refractivity contribution in [3.8, 4) is 5.75 Å². The van der Waals surface area contributed by atoms with Crippen LogP contribution in [0.3, 0.4) is 0 Å². The summed E-state index contributed by atoms with van der Waals surface area (Å²) in [5.74, 6) is 0.678. The molecule has 32 heavy (non-hydrogen) atoms. The monoisotopic (exact) mass is 473 g/mol. The summed E-state index contributed by atoms with van der Waals surface area (Å²) in [5, 5.41) is 1.26. The maximum atomic E-state index is 13.5. The smallest absolute Gasteiger partial charge is 0.233 e. The van der Waals surface area contributed by atoms with E-state index in [9.17, 15) is 4.79 Å². The van der Waals surface area contributed by atoms with Crippen molar-refractivity contribution < 1.29 is 14.3 Å². The number of hydrogen-bond donors (Lipinski definition) is 0. The summed E-state index contributed by atoms with van der Waals surface area (Å²) < 4.78 is 11.8. The van der Waals surface area contributed by atoms with E-state index in [4.69, 9.17) is 26.1 Å². The lowest BCUT2D eigenvalue weighted by molar-refractivity contribution is -0.118. The van der Waals surface area contributed by atoms with Crippen molar-refractivity contribution in [2.75, 3.05) is 51.4 Å². The summed E-state index contributed by atoms with van der Waals surface area (Å²) >= 11 is 7.87. The molecule has 2 aromatic carbocycles. The number of methoxy groups -OCH3 is 1. The fraction of sp³-hybridized carbons (Fsp3) is 0.417. The second kappa shape index (κ2) is 10.2. The number of benzene rings is 2. The zero-order valence-corrected chi connectivity index (χ0v) is 20.3. The summed E-state index contributed by atoms with van der Waals surface area (Å²) in [4.78, 5) is 22.4. The molecule has 1 fully saturated rings. The van der Waals surface area contributed by atoms with E-state index in [0.717, 1.165) is 43.1 Å². The van der Waals surface area contributed by atoms with Crippen LogP contribution in [0.1, 0.15) is 16.7 Å². The average Bonchev–Trinajstić information content (AvgIpc) is 3.23. The molecule has 1 amide bonds. The molecule has 0 atom stereocenters. The van der Waals surface area contributed by atoms with E-state index in [1.54, 1.807) is 18.1 Å². The van der Waals surface area contributed by atoms with Crippen molar-refractivity contribution >= 4 is 44.2 Å². The largest absolute Gasteiger partial charge is 0.494 e. The van der Waals surface area contributed by atoms with Crippen molar-refractivity contribution in [3.05, 3.63) is 52.0 Å². The first kappa shape index (κ1) is 23.0. The Bertz CT molecular complexity index is 1110. The van der Waals surface area contributed by atoms with Gasteiger partial charge in [0, 0.05) is 26.2 Å². The van der Waals surface area contributed by atoms with E-state index in [1.807, 2.05) is 12.1 Å². The van der Waals surface area contributed by atoms with Crippen LogP contribution in [-0.2, 0) is 16.0 Å². The van der Waals surface area contributed by atoms with Crippen molar-refractivity contribution in [2.45, 2.75) is 20.3 Å². The first-order valence-corrected chi connectivity index (χ1v) is 12.0. The number of thiazole rings is 1. The first-order chi connectivity index (χ1) is 15.5. The number of nitrogens with zero attached hydrogens (tertiary/aromatic N) is 3. The Morgan fingerprint density at radius 1 is 1.22 bits per heavy atom. The van der Waals surface area contributed by atoms with Gasteiger partial charge in [-0.25, -0.2) is 4.98 Å². The minimum Gasteiger partial charge on any atom is -0.494 e. The number of amides is 1. The van der Waals surface area contributed by atoms with Crippen LogP contribution in [0.15, 0.2) is 30.3 Å². The maximum Gasteiger partial charge on any atom is 0.233 e. The van der Waals surface area contributed by atoms with Crippen molar-refractivity contribution in [1.29, 1.82) is 0 Å². The fourth-order valence-electron chi connectivity index (χ4n) is 3.80. The summed E-state index contributed by atoms with van der Waals surface area (Å²) in [6, 6.07) is 9.80. The quantitative estimate of drug-likeness (QED) is 0.506. The third-order valence-electron chi connectivity index (χ3n) is 5.87. The molecule has 1 aliphatic rings. The van der Waals surface area contributed by atoms with Crippen LogP contribution in [0.25, 0.3) is 10.2 Å². The summed E-state index contributed by atoms with van der Waals surface area (Å²) in [6.07, 6.45) is 0.324. The Labute approximate surface area is 197 Å². The second-order valence-corrected chi connectivity index (χ2v) is 9.40. The summed E-state index contributed by atoms with van der Waals surface area (Å²) in [7, 11) is 1.61. The summed E-state index contributed by atoms with van der Waals surface area (Å²) in [6.45, 7) is 8.67. The molecule has 170 valence electrons. The molecule has 0 aliphatic carbocycles. The third kappa shape index (κ3) is 5.07. The van der Waals surface area contributed by atoms with E-state index in [1.165, 1.54) is 22.5 Å². The van der Waals surface area contributed by atoms with Gasteiger partial charge in [0.25, 0.3) is 0 Å². The molecular weight excluding hydrogens is 446 g/mol. The Hall–Kier alpha value is -2.19. The Morgan fingerprint density at radius 2 is 2.00 bits per heavy atom. The van der Waals surface area contributed by atoms with Gasteiger partial charge in [0.05, 0.1) is 36.5 Å². The van der Waals surface area contributed by atoms with Crippen LogP contribution < -0.4 is 9.64 Å². The van der Waals surface area contributed by atoms with Crippen LogP contribution in [-0.4, -0.2) is 62.3 Å². The average molecular weight is 474 g/mol. The van der Waals surface area contributed by atoms with Gasteiger partial charge in [0.1, 0.15) is 11.3 Å². The normalized spacial score (nSPS) is 14.6. The Balaban J connectivity index is 1.63. The fourth-order valence-corrected chi connectivity index (χ4v) is 5.10. The van der Waals surface area contributed by atoms with E-state index in [2.05, 4.69) is 30.9 Å². The number of hydrogen-bond acceptors (Lipinski definition) is 6. The highest BCUT2D eigenvalue weighted by atomic mass is 35.5. The van der Waals surface area contributed by atoms with Gasteiger partial charge < -0.3 is 9.47 Å². The predicted octanol–water partition coefficient (Wildman–Crippen LogP) is 4.48. The van der Waals surface area contributed by atoms with Gasteiger partial charge in [0.15, 0.2) is 5.13 Å². The molecule has 8 heteroatoms. The van der Waals surface area contributed by atoms with Crippen molar-refractivity contribution in [3.63, 3.8) is 0 Å². The van der Waals surface area contributed by atoms with E-state index < -0.39 is 0 Å². The van der Waals surface area contributed by atoms with Gasteiger partial charge in [0.2, 0.25) is 5.91 Å². The number of carbonyl (C=O) groups is 1. The molecule has 0 radical (unpaired) electrons. The van der Waals surface area contributed by atoms with E-state index in [0.29, 0.717) is 34.4 Å². The SMILES string of the molecule is COc1ccc(Cl)c2sc(N(CCN3CCOCC3)C(=O)Cc3ccc(C)c(C)c3)nc12. The molecule has 1 saturated heterocycles. The molecule has 0 N–H and O–H groups in total. The predicted molar refractivity (Wildman–Crippen MR) is 130 cm³/mol. The molecule has 4 rings (SSSR count). The number of aromatic nitrogens is 1. The molecule has 6 nitrogen and oxygen atoms in total. The lowest BCUT2D eigenvalue weighted by Crippen LogP contribution is -2.43. The lowest BCUT2D eigenvalue weighted by Gasteiger charge is -2.29. The van der Waals surface area contributed by atoms with Crippen LogP contribution >= 0.6 is 22.9 Å². The molecule has 3 aromatic rings. The zero-order chi connectivity index (χ0) is 22.7. The number of anilines is 1. The van der Waals surface area contributed by atoms with Gasteiger partial charge >= 0.3 is 0 Å². The number of halogens is 1. The zero-order valence-electron chi connectivity index (χ0n) is 18.7. The van der Waals surface area contributed by atoms with Gasteiger partial charge in [-0.15, -0.1) is 0 Å². The minimum atomic E-state index is 0.0238. The number of morpholine rings is 1. The van der Waals surface area contributed by atoms with Crippen molar-refractivity contribution in [2.24, 2.45) is 0 Å². The highest BCUT2D eigenvalue weighted by Gasteiger charge is 2.23. The highest BCUT2D eigenvalue weighted by molar-refractivity contribution is 7.23. The molecular formula is C24H28ClN3O3S. The molecule has 2 heterocycles. The van der Waals surface area contributed by atoms with Crippen LogP contribution in [0.5, 0.6) is 5.75 Å². The molecule has 0 bridgehead atoms. The number of rotatable bonds is 7. The second-order valence-electron chi connectivity index (χ2n) is 8.02. The number of carbonyl (C=O) groups excluding carboxylic acids is 1. The Morgan fingerprint density at radius 3 is 2.72 bits per heavy atom. The number of fused-ring (bicyclic) bond motifs is 1. The van der Waals surface area contributed by atoms with Crippen LogP contribution in [0.2, 0.25) is 5.02 Å². The molecule has 1 aliphatic heterocycles. The van der Waals surface area contributed by atoms with Crippen LogP contribution in [0, 0.1) is 13.8 Å². The van der Waals surface area contributed by atoms with E-state index in [-0.39, 0.29) is 5.91 Å². The molecule has 0 unspecified atom stereocenters. The highest BCUT2D eigenvalue weighted by Crippen LogP contribution is 2.38. The van der Waals surface area contributed by atoms with Crippen molar-refractivity contribution in [1.82, 2.24) is 9.88 Å². The number of ether oxygens (including phenoxy) is 2. The van der Waals surface area contributed by atoms with Gasteiger partial charge in [-0.2, -0.15) is 0 Å². The number of aryl methyl sites for hydroxylation is 2. The molecule has 0 saturated carbocycles. The third-order valence-corrected chi connectivity index (χ3v) is 7.41. The first-order valence-electron chi connectivity index (χ1n) is 10.8. The standard InChI is InChI=1S/C24H28ClN3O3S/c1-16-4-5-18(14-17(16)2)15-21(29)28(9-8-27-10-12-31-13-11-27)24-26-22-20(30-3)7-6-19(25)23(22)32-24/h4-7,14H,8-13,15H2,1-3H3. The maximum absolute atomic E-state index is 13.5.